The highest BCUT2D eigenvalue weighted by Gasteiger charge is 2.52. The van der Waals surface area contributed by atoms with Crippen molar-refractivity contribution in [2.75, 3.05) is 19.8 Å². The smallest absolute Gasteiger partial charge is 0.240 e. The van der Waals surface area contributed by atoms with Crippen LogP contribution >= 0.6 is 0 Å². The van der Waals surface area contributed by atoms with Crippen molar-refractivity contribution in [3.8, 4) is 0 Å². The molecule has 0 amide bonds. The van der Waals surface area contributed by atoms with E-state index in [0.717, 1.165) is 24.3 Å². The first-order valence-corrected chi connectivity index (χ1v) is 10.4. The summed E-state index contributed by atoms with van der Waals surface area (Å²) in [6.45, 7) is -2.28. The van der Waals surface area contributed by atoms with E-state index < -0.39 is 60.8 Å². The minimum Gasteiger partial charge on any atom is -0.394 e. The lowest BCUT2D eigenvalue weighted by atomic mass is 9.84. The quantitative estimate of drug-likeness (QED) is 0.0814. The SMILES string of the molecule is O=C=Nc1ccc(C(=O)C(O)C(=O)C(O)(COCCO)C(=O)C(O)C(=O)c2ccc(N=C=O)cc2)cc1. The van der Waals surface area contributed by atoms with Gasteiger partial charge in [0.05, 0.1) is 31.2 Å². The number of aliphatic hydroxyl groups is 4. The Kier molecular flexibility index (Phi) is 10.3. The van der Waals surface area contributed by atoms with Crippen LogP contribution in [0.15, 0.2) is 58.5 Å². The number of carbonyl (C=O) groups is 4. The van der Waals surface area contributed by atoms with Crippen LogP contribution in [-0.4, -0.2) is 93.3 Å². The Hall–Kier alpha value is -4.32. The van der Waals surface area contributed by atoms with Gasteiger partial charge in [-0.05, 0) is 48.5 Å². The van der Waals surface area contributed by atoms with E-state index in [2.05, 4.69) is 9.98 Å². The molecule has 192 valence electrons. The van der Waals surface area contributed by atoms with E-state index in [4.69, 9.17) is 9.84 Å². The minimum absolute atomic E-state index is 0.115. The first kappa shape index (κ1) is 28.9. The fraction of sp³-hybridized carbons (Fsp3) is 0.250. The van der Waals surface area contributed by atoms with Crippen LogP contribution in [0, 0.1) is 0 Å². The highest BCUT2D eigenvalue weighted by atomic mass is 16.5. The lowest BCUT2D eigenvalue weighted by molar-refractivity contribution is -0.165. The highest BCUT2D eigenvalue weighted by molar-refractivity contribution is 6.27. The number of hydrogen-bond acceptors (Lipinski definition) is 13. The number of aliphatic hydroxyl groups excluding tert-OH is 3. The molecular weight excluding hydrogens is 492 g/mol. The van der Waals surface area contributed by atoms with Gasteiger partial charge in [-0.15, -0.1) is 0 Å². The maximum absolute atomic E-state index is 12.9. The van der Waals surface area contributed by atoms with Gasteiger partial charge in [0.1, 0.15) is 0 Å². The number of nitrogens with zero attached hydrogens (tertiary/aromatic N) is 2. The van der Waals surface area contributed by atoms with E-state index in [1.165, 1.54) is 36.4 Å². The van der Waals surface area contributed by atoms with Crippen LogP contribution in [-0.2, 0) is 23.9 Å². The Balaban J connectivity index is 2.34. The van der Waals surface area contributed by atoms with Gasteiger partial charge in [0.15, 0.2) is 23.8 Å². The second-order valence-electron chi connectivity index (χ2n) is 7.40. The molecule has 0 saturated carbocycles. The van der Waals surface area contributed by atoms with Crippen LogP contribution in [0.3, 0.4) is 0 Å². The number of aliphatic imine (C=N–C) groups is 2. The van der Waals surface area contributed by atoms with Gasteiger partial charge < -0.3 is 25.2 Å². The predicted molar refractivity (Wildman–Crippen MR) is 122 cm³/mol. The summed E-state index contributed by atoms with van der Waals surface area (Å²) in [7, 11) is 0. The molecule has 13 heteroatoms. The Morgan fingerprint density at radius 3 is 1.49 bits per heavy atom. The lowest BCUT2D eigenvalue weighted by Gasteiger charge is -2.28. The molecule has 0 saturated heterocycles. The third-order valence-electron chi connectivity index (χ3n) is 5.01. The zero-order valence-corrected chi connectivity index (χ0v) is 18.9. The number of Topliss-reactive ketones (excluding diaryl/α,β-unsaturated/α-hetero) is 4. The molecule has 2 unspecified atom stereocenters. The van der Waals surface area contributed by atoms with Crippen LogP contribution < -0.4 is 0 Å². The number of ketones is 4. The third kappa shape index (κ3) is 6.88. The molecule has 0 aliphatic rings. The molecule has 0 radical (unpaired) electrons. The standard InChI is InChI=1S/C24H20N2O11/c27-9-10-37-11-24(36,22(34)20(32)18(30)14-1-5-16(6-2-14)25-12-28)23(35)21(33)19(31)15-3-7-17(8-4-15)26-13-29/h1-8,20-21,27,32-33,36H,9-11H2. The van der Waals surface area contributed by atoms with Gasteiger partial charge in [-0.1, -0.05) is 0 Å². The summed E-state index contributed by atoms with van der Waals surface area (Å²) in [5, 5.41) is 40.5. The molecule has 0 fully saturated rings. The van der Waals surface area contributed by atoms with Crippen molar-refractivity contribution >= 4 is 46.7 Å². The predicted octanol–water partition coefficient (Wildman–Crippen LogP) is -0.713. The summed E-state index contributed by atoms with van der Waals surface area (Å²) < 4.78 is 4.86. The molecule has 2 aromatic carbocycles. The van der Waals surface area contributed by atoms with Crippen molar-refractivity contribution < 1.29 is 53.9 Å². The topological polar surface area (TPSA) is 217 Å². The molecule has 0 aromatic heterocycles. The average Bonchev–Trinajstić information content (AvgIpc) is 2.91. The van der Waals surface area contributed by atoms with Crippen LogP contribution in [0.4, 0.5) is 11.4 Å². The summed E-state index contributed by atoms with van der Waals surface area (Å²) in [6, 6.07) is 9.22. The lowest BCUT2D eigenvalue weighted by Crippen LogP contribution is -2.60. The molecule has 0 aliphatic carbocycles. The molecule has 37 heavy (non-hydrogen) atoms. The zero-order chi connectivity index (χ0) is 27.6. The molecule has 4 N–H and O–H groups in total. The summed E-state index contributed by atoms with van der Waals surface area (Å²) in [6.07, 6.45) is -2.69. The van der Waals surface area contributed by atoms with E-state index in [9.17, 15) is 44.1 Å². The van der Waals surface area contributed by atoms with E-state index in [1.807, 2.05) is 0 Å². The van der Waals surface area contributed by atoms with E-state index in [-0.39, 0.29) is 22.5 Å². The van der Waals surface area contributed by atoms with Gasteiger partial charge >= 0.3 is 0 Å². The number of rotatable bonds is 14. The van der Waals surface area contributed by atoms with Crippen molar-refractivity contribution in [1.29, 1.82) is 0 Å². The molecule has 0 heterocycles. The fourth-order valence-electron chi connectivity index (χ4n) is 3.06. The largest absolute Gasteiger partial charge is 0.394 e. The van der Waals surface area contributed by atoms with Crippen molar-refractivity contribution in [2.45, 2.75) is 17.8 Å². The van der Waals surface area contributed by atoms with Gasteiger partial charge in [0.2, 0.25) is 29.3 Å². The first-order valence-electron chi connectivity index (χ1n) is 10.4. The molecule has 0 spiro atoms. The number of isocyanates is 2. The molecule has 13 nitrogen and oxygen atoms in total. The van der Waals surface area contributed by atoms with Gasteiger partial charge in [0.25, 0.3) is 0 Å². The molecule has 2 rings (SSSR count). The summed E-state index contributed by atoms with van der Waals surface area (Å²) in [5.74, 6) is -6.10. The molecule has 2 atom stereocenters. The van der Waals surface area contributed by atoms with Crippen LogP contribution in [0.25, 0.3) is 0 Å². The number of ether oxygens (including phenoxy) is 1. The first-order chi connectivity index (χ1) is 17.6. The fourth-order valence-corrected chi connectivity index (χ4v) is 3.06. The Bertz CT molecular complexity index is 1170. The van der Waals surface area contributed by atoms with Crippen LogP contribution in [0.5, 0.6) is 0 Å². The number of benzene rings is 2. The van der Waals surface area contributed by atoms with Gasteiger partial charge in [-0.25, -0.2) is 9.59 Å². The third-order valence-corrected chi connectivity index (χ3v) is 5.01. The Labute approximate surface area is 208 Å². The zero-order valence-electron chi connectivity index (χ0n) is 18.9. The van der Waals surface area contributed by atoms with E-state index in [0.29, 0.717) is 0 Å². The second-order valence-corrected chi connectivity index (χ2v) is 7.40. The van der Waals surface area contributed by atoms with Gasteiger partial charge in [-0.2, -0.15) is 9.98 Å². The maximum atomic E-state index is 12.9. The molecular formula is C24H20N2O11. The monoisotopic (exact) mass is 512 g/mol. The van der Waals surface area contributed by atoms with Crippen LogP contribution in [0.1, 0.15) is 20.7 Å². The van der Waals surface area contributed by atoms with Crippen molar-refractivity contribution in [2.24, 2.45) is 9.98 Å². The molecule has 0 bridgehead atoms. The Morgan fingerprint density at radius 2 is 1.16 bits per heavy atom. The average molecular weight is 512 g/mol. The normalized spacial score (nSPS) is 13.7. The van der Waals surface area contributed by atoms with E-state index in [1.54, 1.807) is 0 Å². The highest BCUT2D eigenvalue weighted by Crippen LogP contribution is 2.21. The van der Waals surface area contributed by atoms with Crippen molar-refractivity contribution in [3.05, 3.63) is 59.7 Å². The summed E-state index contributed by atoms with van der Waals surface area (Å²) >= 11 is 0. The molecule has 2 aromatic rings. The van der Waals surface area contributed by atoms with E-state index >= 15 is 0 Å². The van der Waals surface area contributed by atoms with Gasteiger partial charge in [-0.3, -0.25) is 19.2 Å². The molecule has 0 aliphatic heterocycles. The van der Waals surface area contributed by atoms with Crippen molar-refractivity contribution in [1.82, 2.24) is 0 Å². The second kappa shape index (κ2) is 13.1. The summed E-state index contributed by atoms with van der Waals surface area (Å²) in [4.78, 5) is 78.4. The van der Waals surface area contributed by atoms with Crippen LogP contribution in [0.2, 0.25) is 0 Å². The number of hydrogen-bond donors (Lipinski definition) is 4. The van der Waals surface area contributed by atoms with Gasteiger partial charge in [0, 0.05) is 11.1 Å². The van der Waals surface area contributed by atoms with Crippen molar-refractivity contribution in [3.63, 3.8) is 0 Å². The maximum Gasteiger partial charge on any atom is 0.240 e. The summed E-state index contributed by atoms with van der Waals surface area (Å²) in [5.41, 5.74) is -3.66. The Morgan fingerprint density at radius 1 is 0.784 bits per heavy atom. The number of carbonyl (C=O) groups excluding carboxylic acids is 6. The minimum atomic E-state index is -3.37.